The second-order valence-electron chi connectivity index (χ2n) is 7.97. The van der Waals surface area contributed by atoms with Crippen molar-refractivity contribution in [3.8, 4) is 11.5 Å². The molecule has 1 aromatic carbocycles. The Balaban J connectivity index is 2.08. The van der Waals surface area contributed by atoms with Crippen molar-refractivity contribution < 1.29 is 14.3 Å². The lowest BCUT2D eigenvalue weighted by atomic mass is 10.2. The number of carbonyl (C=O) groups is 1. The molecule has 8 nitrogen and oxygen atoms in total. The van der Waals surface area contributed by atoms with Crippen LogP contribution in [0.2, 0.25) is 0 Å². The zero-order chi connectivity index (χ0) is 22.7. The molecule has 9 heteroatoms. The van der Waals surface area contributed by atoms with Gasteiger partial charge in [-0.05, 0) is 66.0 Å². The van der Waals surface area contributed by atoms with Crippen LogP contribution in [0.5, 0.6) is 11.5 Å². The maximum absolute atomic E-state index is 13.7. The number of hydrogen-bond acceptors (Lipinski definition) is 7. The molecule has 2 aromatic heterocycles. The largest absolute Gasteiger partial charge is 0.495 e. The lowest BCUT2D eigenvalue weighted by Crippen LogP contribution is -2.35. The Morgan fingerprint density at radius 1 is 1.16 bits per heavy atom. The third kappa shape index (κ3) is 4.83. The number of carbonyl (C=O) groups excluding carboxylic acids is 1. The van der Waals surface area contributed by atoms with Crippen LogP contribution >= 0.6 is 11.3 Å². The molecule has 1 amide bonds. The van der Waals surface area contributed by atoms with Gasteiger partial charge in [-0.15, -0.1) is 0 Å². The van der Waals surface area contributed by atoms with E-state index in [4.69, 9.17) is 14.5 Å². The summed E-state index contributed by atoms with van der Waals surface area (Å²) in [5.74, 6) is 1.26. The van der Waals surface area contributed by atoms with Crippen LogP contribution in [0, 0.1) is 6.92 Å². The van der Waals surface area contributed by atoms with Crippen molar-refractivity contribution in [2.45, 2.75) is 33.2 Å². The highest BCUT2D eigenvalue weighted by Gasteiger charge is 2.27. The number of methoxy groups -OCH3 is 2. The highest BCUT2D eigenvalue weighted by Crippen LogP contribution is 2.40. The first-order valence-electron chi connectivity index (χ1n) is 10.3. The van der Waals surface area contributed by atoms with Crippen LogP contribution in [-0.4, -0.2) is 67.0 Å². The molecule has 168 valence electrons. The average Bonchev–Trinajstić information content (AvgIpc) is 3.34. The van der Waals surface area contributed by atoms with E-state index in [0.29, 0.717) is 34.4 Å². The quantitative estimate of drug-likeness (QED) is 0.496. The van der Waals surface area contributed by atoms with E-state index in [0.717, 1.165) is 23.4 Å². The number of aromatic nitrogens is 3. The first kappa shape index (κ1) is 23.0. The van der Waals surface area contributed by atoms with Crippen LogP contribution in [0.3, 0.4) is 0 Å². The van der Waals surface area contributed by atoms with Gasteiger partial charge < -0.3 is 14.4 Å². The minimum Gasteiger partial charge on any atom is -0.495 e. The average molecular weight is 446 g/mol. The van der Waals surface area contributed by atoms with Crippen LogP contribution in [-0.2, 0) is 0 Å². The summed E-state index contributed by atoms with van der Waals surface area (Å²) in [6.07, 6.45) is 0.817. The first-order chi connectivity index (χ1) is 14.8. The van der Waals surface area contributed by atoms with Crippen molar-refractivity contribution in [3.05, 3.63) is 29.6 Å². The molecule has 2 heterocycles. The maximum atomic E-state index is 13.7. The van der Waals surface area contributed by atoms with Crippen molar-refractivity contribution in [1.29, 1.82) is 0 Å². The number of amides is 1. The molecule has 0 aliphatic carbocycles. The number of anilines is 1. The highest BCUT2D eigenvalue weighted by atomic mass is 32.1. The maximum Gasteiger partial charge on any atom is 0.278 e. The molecule has 31 heavy (non-hydrogen) atoms. The summed E-state index contributed by atoms with van der Waals surface area (Å²) in [5.41, 5.74) is 2.08. The lowest BCUT2D eigenvalue weighted by Gasteiger charge is -2.22. The Hall–Kier alpha value is -2.65. The molecule has 0 aliphatic heterocycles. The SMILES string of the molecule is COc1ccc(OC)c2sc(N(CCCN(C)C)C(=O)c3cc(C)nn3C(C)C)nc12. The van der Waals surface area contributed by atoms with Crippen LogP contribution in [0.15, 0.2) is 18.2 Å². The second-order valence-corrected chi connectivity index (χ2v) is 8.94. The number of ether oxygens (including phenoxy) is 2. The number of benzene rings is 1. The summed E-state index contributed by atoms with van der Waals surface area (Å²) in [7, 11) is 7.29. The van der Waals surface area contributed by atoms with Gasteiger partial charge in [0.05, 0.1) is 19.9 Å². The van der Waals surface area contributed by atoms with Gasteiger partial charge in [0, 0.05) is 12.6 Å². The molecule has 0 aliphatic rings. The molecule has 0 atom stereocenters. The zero-order valence-electron chi connectivity index (χ0n) is 19.3. The molecule has 0 spiro atoms. The molecule has 0 saturated carbocycles. The topological polar surface area (TPSA) is 72.7 Å². The van der Waals surface area contributed by atoms with E-state index in [2.05, 4.69) is 10.00 Å². The van der Waals surface area contributed by atoms with Gasteiger partial charge in [0.1, 0.15) is 27.4 Å². The molecule has 3 rings (SSSR count). The molecule has 0 bridgehead atoms. The molecule has 0 N–H and O–H groups in total. The van der Waals surface area contributed by atoms with E-state index in [-0.39, 0.29) is 11.9 Å². The van der Waals surface area contributed by atoms with Crippen molar-refractivity contribution in [3.63, 3.8) is 0 Å². The fourth-order valence-electron chi connectivity index (χ4n) is 3.43. The summed E-state index contributed by atoms with van der Waals surface area (Å²) >= 11 is 1.43. The Bertz CT molecular complexity index is 1020. The number of fused-ring (bicyclic) bond motifs is 1. The smallest absolute Gasteiger partial charge is 0.278 e. The van der Waals surface area contributed by atoms with Crippen molar-refractivity contribution in [2.75, 3.05) is 46.3 Å². The predicted molar refractivity (Wildman–Crippen MR) is 125 cm³/mol. The predicted octanol–water partition coefficient (Wildman–Crippen LogP) is 4.00. The monoisotopic (exact) mass is 445 g/mol. The fraction of sp³-hybridized carbons (Fsp3) is 0.500. The van der Waals surface area contributed by atoms with Crippen LogP contribution in [0.4, 0.5) is 5.13 Å². The van der Waals surface area contributed by atoms with Gasteiger partial charge >= 0.3 is 0 Å². The van der Waals surface area contributed by atoms with Gasteiger partial charge in [0.15, 0.2) is 5.13 Å². The van der Waals surface area contributed by atoms with Crippen LogP contribution < -0.4 is 14.4 Å². The van der Waals surface area contributed by atoms with E-state index in [1.807, 2.05) is 53.1 Å². The molecule has 0 unspecified atom stereocenters. The van der Waals surface area contributed by atoms with Crippen LogP contribution in [0.25, 0.3) is 10.2 Å². The van der Waals surface area contributed by atoms with Crippen molar-refractivity contribution >= 4 is 32.6 Å². The Kier molecular flexibility index (Phi) is 7.17. The van der Waals surface area contributed by atoms with E-state index in [1.54, 1.807) is 23.8 Å². The van der Waals surface area contributed by atoms with Gasteiger partial charge in [0.25, 0.3) is 5.91 Å². The molecule has 0 saturated heterocycles. The third-order valence-electron chi connectivity index (χ3n) is 4.93. The Labute approximate surface area is 187 Å². The second kappa shape index (κ2) is 9.65. The number of hydrogen-bond donors (Lipinski definition) is 0. The first-order valence-corrected chi connectivity index (χ1v) is 11.1. The summed E-state index contributed by atoms with van der Waals surface area (Å²) in [5, 5.41) is 5.14. The Morgan fingerprint density at radius 3 is 2.45 bits per heavy atom. The van der Waals surface area contributed by atoms with Crippen LogP contribution in [0.1, 0.15) is 42.5 Å². The van der Waals surface area contributed by atoms with Crippen molar-refractivity contribution in [1.82, 2.24) is 19.7 Å². The van der Waals surface area contributed by atoms with Gasteiger partial charge in [-0.25, -0.2) is 4.98 Å². The van der Waals surface area contributed by atoms with E-state index < -0.39 is 0 Å². The van der Waals surface area contributed by atoms with Gasteiger partial charge in [-0.1, -0.05) is 11.3 Å². The van der Waals surface area contributed by atoms with E-state index in [1.165, 1.54) is 11.3 Å². The van der Waals surface area contributed by atoms with Crippen molar-refractivity contribution in [2.24, 2.45) is 0 Å². The molecular formula is C22H31N5O3S. The molecule has 3 aromatic rings. The normalized spacial score (nSPS) is 11.5. The summed E-state index contributed by atoms with van der Waals surface area (Å²) in [4.78, 5) is 22.4. The molecular weight excluding hydrogens is 414 g/mol. The van der Waals surface area contributed by atoms with Gasteiger partial charge in [-0.3, -0.25) is 14.4 Å². The number of aryl methyl sites for hydroxylation is 1. The minimum atomic E-state index is -0.106. The van der Waals surface area contributed by atoms with E-state index >= 15 is 0 Å². The summed E-state index contributed by atoms with van der Waals surface area (Å²) in [6, 6.07) is 5.61. The fourth-order valence-corrected chi connectivity index (χ4v) is 4.53. The lowest BCUT2D eigenvalue weighted by molar-refractivity contribution is 0.0974. The highest BCUT2D eigenvalue weighted by molar-refractivity contribution is 7.22. The number of rotatable bonds is 9. The van der Waals surface area contributed by atoms with Gasteiger partial charge in [-0.2, -0.15) is 5.10 Å². The Morgan fingerprint density at radius 2 is 1.84 bits per heavy atom. The molecule has 0 radical (unpaired) electrons. The van der Waals surface area contributed by atoms with E-state index in [9.17, 15) is 4.79 Å². The number of thiazole rings is 1. The number of nitrogens with zero attached hydrogens (tertiary/aromatic N) is 5. The summed E-state index contributed by atoms with van der Waals surface area (Å²) in [6.45, 7) is 7.35. The zero-order valence-corrected chi connectivity index (χ0v) is 20.1. The standard InChI is InChI=1S/C22H31N5O3S/c1-14(2)27-16(13-15(3)24-27)21(28)26(12-8-11-25(4)5)22-23-19-17(29-6)9-10-18(30-7)20(19)31-22/h9-10,13-14H,8,11-12H2,1-7H3. The summed E-state index contributed by atoms with van der Waals surface area (Å²) < 4.78 is 13.7. The third-order valence-corrected chi connectivity index (χ3v) is 6.02. The molecule has 0 fully saturated rings. The minimum absolute atomic E-state index is 0.0758. The van der Waals surface area contributed by atoms with Gasteiger partial charge in [0.2, 0.25) is 0 Å².